The fraction of sp³-hybridized carbons (Fsp3) is 0.368. The third-order valence-electron chi connectivity index (χ3n) is 4.60. The lowest BCUT2D eigenvalue weighted by Crippen LogP contribution is -2.52. The first kappa shape index (κ1) is 19.4. The number of nitrogens with zero attached hydrogens (tertiary/aromatic N) is 3. The van der Waals surface area contributed by atoms with Gasteiger partial charge in [-0.3, -0.25) is 9.59 Å². The molecule has 9 heteroatoms. The molecule has 0 unspecified atom stereocenters. The van der Waals surface area contributed by atoms with Gasteiger partial charge in [-0.15, -0.1) is 0 Å². The predicted molar refractivity (Wildman–Crippen MR) is 101 cm³/mol. The van der Waals surface area contributed by atoms with Gasteiger partial charge in [0.05, 0.1) is 26.3 Å². The number of para-hydroxylation sites is 1. The van der Waals surface area contributed by atoms with E-state index in [1.54, 1.807) is 17.0 Å². The smallest absolute Gasteiger partial charge is 0.409 e. The Morgan fingerprint density at radius 1 is 1.07 bits per heavy atom. The lowest BCUT2D eigenvalue weighted by Gasteiger charge is -2.33. The zero-order valence-corrected chi connectivity index (χ0v) is 15.8. The van der Waals surface area contributed by atoms with Gasteiger partial charge >= 0.3 is 6.09 Å². The molecule has 0 aliphatic carbocycles. The standard InChI is InChI=1S/C19H22N4O5/c1-27-16-11-15(21-14-6-4-3-5-13(14)16)18(25)20-12-17(24)22-7-9-23(10-8-22)19(26)28-2/h3-6,11H,7-10,12H2,1-2H3,(H,20,25). The number of aromatic nitrogens is 1. The normalized spacial score (nSPS) is 13.9. The molecular weight excluding hydrogens is 364 g/mol. The maximum atomic E-state index is 12.5. The number of benzene rings is 1. The Morgan fingerprint density at radius 3 is 2.43 bits per heavy atom. The van der Waals surface area contributed by atoms with Crippen LogP contribution in [-0.4, -0.2) is 79.6 Å². The first-order chi connectivity index (χ1) is 13.5. The van der Waals surface area contributed by atoms with Gasteiger partial charge in [-0.2, -0.15) is 0 Å². The Balaban J connectivity index is 1.59. The van der Waals surface area contributed by atoms with E-state index in [-0.39, 0.29) is 18.1 Å². The highest BCUT2D eigenvalue weighted by Crippen LogP contribution is 2.24. The van der Waals surface area contributed by atoms with Crippen molar-refractivity contribution < 1.29 is 23.9 Å². The minimum absolute atomic E-state index is 0.145. The number of amides is 3. The largest absolute Gasteiger partial charge is 0.496 e. The average molecular weight is 386 g/mol. The number of nitrogens with one attached hydrogen (secondary N) is 1. The highest BCUT2D eigenvalue weighted by Gasteiger charge is 2.24. The molecule has 1 N–H and O–H groups in total. The summed E-state index contributed by atoms with van der Waals surface area (Å²) in [4.78, 5) is 43.8. The number of carbonyl (C=O) groups excluding carboxylic acids is 3. The zero-order chi connectivity index (χ0) is 20.1. The second-order valence-corrected chi connectivity index (χ2v) is 6.25. The molecular formula is C19H22N4O5. The molecule has 0 spiro atoms. The van der Waals surface area contributed by atoms with Crippen LogP contribution < -0.4 is 10.1 Å². The van der Waals surface area contributed by atoms with E-state index < -0.39 is 12.0 Å². The van der Waals surface area contributed by atoms with E-state index >= 15 is 0 Å². The number of carbonyl (C=O) groups is 3. The molecule has 0 bridgehead atoms. The van der Waals surface area contributed by atoms with E-state index in [4.69, 9.17) is 4.74 Å². The molecule has 2 heterocycles. The molecule has 0 radical (unpaired) electrons. The Morgan fingerprint density at radius 2 is 1.75 bits per heavy atom. The molecule has 2 aromatic rings. The van der Waals surface area contributed by atoms with Crippen LogP contribution in [0.15, 0.2) is 30.3 Å². The maximum absolute atomic E-state index is 12.5. The van der Waals surface area contributed by atoms with E-state index in [1.165, 1.54) is 19.1 Å². The van der Waals surface area contributed by atoms with Crippen LogP contribution in [0.2, 0.25) is 0 Å². The quantitative estimate of drug-likeness (QED) is 0.837. The molecule has 1 aliphatic heterocycles. The minimum atomic E-state index is -0.453. The van der Waals surface area contributed by atoms with Crippen molar-refractivity contribution in [1.82, 2.24) is 20.1 Å². The van der Waals surface area contributed by atoms with Crippen LogP contribution in [0.4, 0.5) is 4.79 Å². The summed E-state index contributed by atoms with van der Waals surface area (Å²) in [5, 5.41) is 3.41. The lowest BCUT2D eigenvalue weighted by atomic mass is 10.1. The SMILES string of the molecule is COC(=O)N1CCN(C(=O)CNC(=O)c2cc(OC)c3ccccc3n2)CC1. The van der Waals surface area contributed by atoms with Crippen LogP contribution in [0.5, 0.6) is 5.75 Å². The van der Waals surface area contributed by atoms with Gasteiger partial charge in [0.2, 0.25) is 5.91 Å². The summed E-state index contributed by atoms with van der Waals surface area (Å²) in [6.07, 6.45) is -0.406. The summed E-state index contributed by atoms with van der Waals surface area (Å²) in [6, 6.07) is 8.90. The van der Waals surface area contributed by atoms with Gasteiger partial charge in [0.15, 0.2) is 0 Å². The van der Waals surface area contributed by atoms with Crippen molar-refractivity contribution in [3.63, 3.8) is 0 Å². The Hall–Kier alpha value is -3.36. The zero-order valence-electron chi connectivity index (χ0n) is 15.8. The molecule has 28 heavy (non-hydrogen) atoms. The van der Waals surface area contributed by atoms with Gasteiger partial charge in [-0.05, 0) is 12.1 Å². The number of fused-ring (bicyclic) bond motifs is 1. The molecule has 0 saturated carbocycles. The number of ether oxygens (including phenoxy) is 2. The molecule has 3 amide bonds. The van der Waals surface area contributed by atoms with Gasteiger partial charge < -0.3 is 24.6 Å². The fourth-order valence-corrected chi connectivity index (χ4v) is 3.05. The Bertz CT molecular complexity index is 893. The number of hydrogen-bond donors (Lipinski definition) is 1. The summed E-state index contributed by atoms with van der Waals surface area (Å²) in [5.41, 5.74) is 0.816. The highest BCUT2D eigenvalue weighted by molar-refractivity contribution is 5.98. The Kier molecular flexibility index (Phi) is 5.93. The number of hydrogen-bond acceptors (Lipinski definition) is 6. The van der Waals surface area contributed by atoms with Gasteiger partial charge in [0.1, 0.15) is 11.4 Å². The second-order valence-electron chi connectivity index (χ2n) is 6.25. The van der Waals surface area contributed by atoms with Crippen LogP contribution >= 0.6 is 0 Å². The van der Waals surface area contributed by atoms with E-state index in [0.717, 1.165) is 5.39 Å². The van der Waals surface area contributed by atoms with E-state index in [0.29, 0.717) is 37.4 Å². The first-order valence-corrected chi connectivity index (χ1v) is 8.86. The molecule has 1 saturated heterocycles. The summed E-state index contributed by atoms with van der Waals surface area (Å²) >= 11 is 0. The van der Waals surface area contributed by atoms with E-state index in [9.17, 15) is 14.4 Å². The summed E-state index contributed by atoms with van der Waals surface area (Å²) in [7, 11) is 2.85. The topological polar surface area (TPSA) is 101 Å². The predicted octanol–water partition coefficient (Wildman–Crippen LogP) is 0.884. The first-order valence-electron chi connectivity index (χ1n) is 8.86. The summed E-state index contributed by atoms with van der Waals surface area (Å²) < 4.78 is 10.0. The van der Waals surface area contributed by atoms with Crippen molar-refractivity contribution >= 4 is 28.8 Å². The lowest BCUT2D eigenvalue weighted by molar-refractivity contribution is -0.131. The second kappa shape index (κ2) is 8.55. The number of rotatable bonds is 4. The fourth-order valence-electron chi connectivity index (χ4n) is 3.05. The monoisotopic (exact) mass is 386 g/mol. The maximum Gasteiger partial charge on any atom is 0.409 e. The third-order valence-corrected chi connectivity index (χ3v) is 4.60. The molecule has 1 aliphatic rings. The third kappa shape index (κ3) is 4.13. The van der Waals surface area contributed by atoms with E-state index in [2.05, 4.69) is 15.0 Å². The van der Waals surface area contributed by atoms with Gasteiger partial charge in [-0.25, -0.2) is 9.78 Å². The molecule has 0 atom stereocenters. The number of pyridine rings is 1. The van der Waals surface area contributed by atoms with Gasteiger partial charge in [0, 0.05) is 37.6 Å². The van der Waals surface area contributed by atoms with Crippen LogP contribution in [0.25, 0.3) is 10.9 Å². The van der Waals surface area contributed by atoms with Crippen LogP contribution in [0, 0.1) is 0 Å². The van der Waals surface area contributed by atoms with Crippen molar-refractivity contribution in [1.29, 1.82) is 0 Å². The summed E-state index contributed by atoms with van der Waals surface area (Å²) in [6.45, 7) is 1.44. The van der Waals surface area contributed by atoms with Crippen molar-refractivity contribution in [2.24, 2.45) is 0 Å². The van der Waals surface area contributed by atoms with Crippen LogP contribution in [-0.2, 0) is 9.53 Å². The van der Waals surface area contributed by atoms with Crippen molar-refractivity contribution in [2.45, 2.75) is 0 Å². The average Bonchev–Trinajstić information content (AvgIpc) is 2.75. The molecule has 1 aromatic heterocycles. The number of methoxy groups -OCH3 is 2. The Labute approximate surface area is 162 Å². The molecule has 9 nitrogen and oxygen atoms in total. The minimum Gasteiger partial charge on any atom is -0.496 e. The number of piperazine rings is 1. The van der Waals surface area contributed by atoms with Crippen molar-refractivity contribution in [3.05, 3.63) is 36.0 Å². The van der Waals surface area contributed by atoms with Crippen molar-refractivity contribution in [3.8, 4) is 5.75 Å². The van der Waals surface area contributed by atoms with Crippen LogP contribution in [0.3, 0.4) is 0 Å². The molecule has 1 aromatic carbocycles. The van der Waals surface area contributed by atoms with Crippen molar-refractivity contribution in [2.75, 3.05) is 46.9 Å². The molecule has 3 rings (SSSR count). The molecule has 148 valence electrons. The van der Waals surface area contributed by atoms with E-state index in [1.807, 2.05) is 18.2 Å². The highest BCUT2D eigenvalue weighted by atomic mass is 16.5. The molecule has 1 fully saturated rings. The van der Waals surface area contributed by atoms with Gasteiger partial charge in [0.25, 0.3) is 5.91 Å². The van der Waals surface area contributed by atoms with Crippen LogP contribution in [0.1, 0.15) is 10.5 Å². The summed E-state index contributed by atoms with van der Waals surface area (Å²) in [5.74, 6) is -0.128. The van der Waals surface area contributed by atoms with Gasteiger partial charge in [-0.1, -0.05) is 12.1 Å².